The molecule has 102 valence electrons. The van der Waals surface area contributed by atoms with E-state index < -0.39 is 0 Å². The van der Waals surface area contributed by atoms with Crippen molar-refractivity contribution in [1.82, 2.24) is 5.32 Å². The lowest BCUT2D eigenvalue weighted by Crippen LogP contribution is -2.13. The van der Waals surface area contributed by atoms with Crippen LogP contribution in [0.15, 0.2) is 24.3 Å². The third-order valence-corrected chi connectivity index (χ3v) is 2.87. The first-order valence-electron chi connectivity index (χ1n) is 7.14. The standard InChI is InChI=1S/C16H27NO/c1-4-11-17-13-15-7-9-16(10-8-15)18-12-5-6-14(2)3/h7-10,14,17H,4-6,11-13H2,1-3H3. The van der Waals surface area contributed by atoms with Gasteiger partial charge in [-0.15, -0.1) is 0 Å². The zero-order valence-corrected chi connectivity index (χ0v) is 12.0. The van der Waals surface area contributed by atoms with Crippen LogP contribution < -0.4 is 10.1 Å². The van der Waals surface area contributed by atoms with Gasteiger partial charge in [-0.2, -0.15) is 0 Å². The topological polar surface area (TPSA) is 21.3 Å². The van der Waals surface area contributed by atoms with Gasteiger partial charge in [0, 0.05) is 6.54 Å². The van der Waals surface area contributed by atoms with Crippen LogP contribution in [0.25, 0.3) is 0 Å². The largest absolute Gasteiger partial charge is 0.494 e. The summed E-state index contributed by atoms with van der Waals surface area (Å²) in [6.07, 6.45) is 3.55. The molecular weight excluding hydrogens is 222 g/mol. The van der Waals surface area contributed by atoms with Gasteiger partial charge in [0.25, 0.3) is 0 Å². The van der Waals surface area contributed by atoms with Crippen molar-refractivity contribution < 1.29 is 4.74 Å². The van der Waals surface area contributed by atoms with E-state index in [0.29, 0.717) is 0 Å². The molecule has 0 amide bonds. The van der Waals surface area contributed by atoms with Gasteiger partial charge in [-0.3, -0.25) is 0 Å². The van der Waals surface area contributed by atoms with Crippen LogP contribution in [0.1, 0.15) is 45.6 Å². The number of benzene rings is 1. The molecule has 0 aliphatic heterocycles. The molecule has 1 aromatic rings. The predicted molar refractivity (Wildman–Crippen MR) is 78.0 cm³/mol. The van der Waals surface area contributed by atoms with Crippen LogP contribution >= 0.6 is 0 Å². The maximum absolute atomic E-state index is 5.72. The van der Waals surface area contributed by atoms with Crippen LogP contribution in [0, 0.1) is 5.92 Å². The maximum Gasteiger partial charge on any atom is 0.119 e. The van der Waals surface area contributed by atoms with Crippen LogP contribution in [0.3, 0.4) is 0 Å². The Morgan fingerprint density at radius 1 is 1.17 bits per heavy atom. The highest BCUT2D eigenvalue weighted by Gasteiger charge is 1.97. The van der Waals surface area contributed by atoms with E-state index in [0.717, 1.165) is 37.8 Å². The number of nitrogens with one attached hydrogen (secondary N) is 1. The van der Waals surface area contributed by atoms with Gasteiger partial charge in [0.15, 0.2) is 0 Å². The Bertz CT molecular complexity index is 305. The Morgan fingerprint density at radius 2 is 1.89 bits per heavy atom. The lowest BCUT2D eigenvalue weighted by molar-refractivity contribution is 0.297. The van der Waals surface area contributed by atoms with Crippen molar-refractivity contribution >= 4 is 0 Å². The van der Waals surface area contributed by atoms with Crippen LogP contribution in [0.2, 0.25) is 0 Å². The Hall–Kier alpha value is -1.02. The molecule has 1 aromatic carbocycles. The fourth-order valence-electron chi connectivity index (χ4n) is 1.79. The molecule has 0 unspecified atom stereocenters. The summed E-state index contributed by atoms with van der Waals surface area (Å²) in [6.45, 7) is 9.53. The first kappa shape index (κ1) is 15.0. The molecule has 0 aliphatic rings. The third-order valence-electron chi connectivity index (χ3n) is 2.87. The Balaban J connectivity index is 2.23. The molecule has 1 N–H and O–H groups in total. The molecule has 2 heteroatoms. The summed E-state index contributed by atoms with van der Waals surface area (Å²) >= 11 is 0. The minimum Gasteiger partial charge on any atom is -0.494 e. The highest BCUT2D eigenvalue weighted by Crippen LogP contribution is 2.13. The fraction of sp³-hybridized carbons (Fsp3) is 0.625. The highest BCUT2D eigenvalue weighted by atomic mass is 16.5. The molecule has 2 nitrogen and oxygen atoms in total. The number of rotatable bonds is 9. The van der Waals surface area contributed by atoms with Crippen molar-refractivity contribution in [2.75, 3.05) is 13.2 Å². The molecule has 0 fully saturated rings. The van der Waals surface area contributed by atoms with Gasteiger partial charge in [-0.1, -0.05) is 32.9 Å². The molecule has 1 rings (SSSR count). The molecule has 0 saturated carbocycles. The average Bonchev–Trinajstić information content (AvgIpc) is 2.36. The van der Waals surface area contributed by atoms with Gasteiger partial charge in [0.1, 0.15) is 5.75 Å². The third kappa shape index (κ3) is 6.65. The van der Waals surface area contributed by atoms with Gasteiger partial charge in [0.05, 0.1) is 6.61 Å². The molecule has 0 spiro atoms. The van der Waals surface area contributed by atoms with E-state index in [2.05, 4.69) is 50.4 Å². The number of hydrogen-bond acceptors (Lipinski definition) is 2. The van der Waals surface area contributed by atoms with Crippen LogP contribution in [0.4, 0.5) is 0 Å². The average molecular weight is 249 g/mol. The number of ether oxygens (including phenoxy) is 1. The first-order valence-corrected chi connectivity index (χ1v) is 7.14. The maximum atomic E-state index is 5.72. The molecule has 0 atom stereocenters. The SMILES string of the molecule is CCCNCc1ccc(OCCCC(C)C)cc1. The molecule has 0 radical (unpaired) electrons. The Kier molecular flexibility index (Phi) is 7.51. The van der Waals surface area contributed by atoms with Crippen molar-refractivity contribution in [1.29, 1.82) is 0 Å². The summed E-state index contributed by atoms with van der Waals surface area (Å²) in [5.41, 5.74) is 1.32. The van der Waals surface area contributed by atoms with Gasteiger partial charge in [-0.25, -0.2) is 0 Å². The minimum atomic E-state index is 0.764. The quantitative estimate of drug-likeness (QED) is 0.668. The fourth-order valence-corrected chi connectivity index (χ4v) is 1.79. The van der Waals surface area contributed by atoms with E-state index in [1.165, 1.54) is 18.4 Å². The molecule has 0 bridgehead atoms. The van der Waals surface area contributed by atoms with Gasteiger partial charge in [0.2, 0.25) is 0 Å². The van der Waals surface area contributed by atoms with E-state index >= 15 is 0 Å². The van der Waals surface area contributed by atoms with E-state index in [-0.39, 0.29) is 0 Å². The van der Waals surface area contributed by atoms with E-state index in [1.54, 1.807) is 0 Å². The van der Waals surface area contributed by atoms with E-state index in [9.17, 15) is 0 Å². The van der Waals surface area contributed by atoms with Gasteiger partial charge in [-0.05, 0) is 49.4 Å². The Morgan fingerprint density at radius 3 is 2.50 bits per heavy atom. The summed E-state index contributed by atoms with van der Waals surface area (Å²) < 4.78 is 5.72. The van der Waals surface area contributed by atoms with Crippen molar-refractivity contribution in [2.45, 2.75) is 46.6 Å². The van der Waals surface area contributed by atoms with Crippen LogP contribution in [-0.2, 0) is 6.54 Å². The second-order valence-electron chi connectivity index (χ2n) is 5.21. The van der Waals surface area contributed by atoms with Crippen molar-refractivity contribution in [3.05, 3.63) is 29.8 Å². The van der Waals surface area contributed by atoms with Crippen LogP contribution in [0.5, 0.6) is 5.75 Å². The second-order valence-corrected chi connectivity index (χ2v) is 5.21. The minimum absolute atomic E-state index is 0.764. The molecule has 0 aromatic heterocycles. The van der Waals surface area contributed by atoms with Crippen molar-refractivity contribution in [2.24, 2.45) is 5.92 Å². The summed E-state index contributed by atoms with van der Waals surface area (Å²) in [5.74, 6) is 1.75. The molecule has 0 aliphatic carbocycles. The Labute approximate surface area is 112 Å². The summed E-state index contributed by atoms with van der Waals surface area (Å²) in [5, 5.41) is 3.39. The normalized spacial score (nSPS) is 10.9. The molecule has 0 heterocycles. The zero-order chi connectivity index (χ0) is 13.2. The van der Waals surface area contributed by atoms with Crippen LogP contribution in [-0.4, -0.2) is 13.2 Å². The molecule has 0 saturated heterocycles. The van der Waals surface area contributed by atoms with E-state index in [4.69, 9.17) is 4.74 Å². The summed E-state index contributed by atoms with van der Waals surface area (Å²) in [6, 6.07) is 8.41. The summed E-state index contributed by atoms with van der Waals surface area (Å²) in [7, 11) is 0. The zero-order valence-electron chi connectivity index (χ0n) is 12.0. The second kappa shape index (κ2) is 8.98. The van der Waals surface area contributed by atoms with Gasteiger partial charge >= 0.3 is 0 Å². The van der Waals surface area contributed by atoms with E-state index in [1.807, 2.05) is 0 Å². The highest BCUT2D eigenvalue weighted by molar-refractivity contribution is 5.27. The number of hydrogen-bond donors (Lipinski definition) is 1. The van der Waals surface area contributed by atoms with Crippen molar-refractivity contribution in [3.8, 4) is 5.75 Å². The van der Waals surface area contributed by atoms with Gasteiger partial charge < -0.3 is 10.1 Å². The smallest absolute Gasteiger partial charge is 0.119 e. The molecule has 18 heavy (non-hydrogen) atoms. The lowest BCUT2D eigenvalue weighted by atomic mass is 10.1. The lowest BCUT2D eigenvalue weighted by Gasteiger charge is -2.08. The molecular formula is C16H27NO. The first-order chi connectivity index (χ1) is 8.72. The monoisotopic (exact) mass is 249 g/mol. The van der Waals surface area contributed by atoms with Crippen molar-refractivity contribution in [3.63, 3.8) is 0 Å². The predicted octanol–water partition coefficient (Wildman–Crippen LogP) is 4.00. The summed E-state index contributed by atoms with van der Waals surface area (Å²) in [4.78, 5) is 0.